The lowest BCUT2D eigenvalue weighted by Gasteiger charge is -2.28. The summed E-state index contributed by atoms with van der Waals surface area (Å²) < 4.78 is 2.45. The van der Waals surface area contributed by atoms with Crippen LogP contribution in [0.4, 0.5) is 17.1 Å². The van der Waals surface area contributed by atoms with Gasteiger partial charge in [-0.3, -0.25) is 0 Å². The lowest BCUT2D eigenvalue weighted by Crippen LogP contribution is -2.16. The van der Waals surface area contributed by atoms with Crippen molar-refractivity contribution in [3.05, 3.63) is 230 Å². The van der Waals surface area contributed by atoms with E-state index in [1.54, 1.807) is 0 Å². The summed E-state index contributed by atoms with van der Waals surface area (Å²) >= 11 is 0. The minimum atomic E-state index is -0.104. The Morgan fingerprint density at radius 3 is 1.61 bits per heavy atom. The number of anilines is 3. The summed E-state index contributed by atoms with van der Waals surface area (Å²) in [5, 5.41) is 2.52. The molecule has 280 valence electrons. The topological polar surface area (TPSA) is 8.17 Å². The van der Waals surface area contributed by atoms with Crippen LogP contribution in [0.3, 0.4) is 0 Å². The Kier molecular flexibility index (Phi) is 8.20. The van der Waals surface area contributed by atoms with Crippen LogP contribution in [0.5, 0.6) is 0 Å². The lowest BCUT2D eigenvalue weighted by molar-refractivity contribution is 0.660. The number of hydrogen-bond acceptors (Lipinski definition) is 1. The van der Waals surface area contributed by atoms with Crippen LogP contribution in [0, 0.1) is 0 Å². The first-order valence-electron chi connectivity index (χ1n) is 20.5. The van der Waals surface area contributed by atoms with Crippen molar-refractivity contribution in [2.45, 2.75) is 19.3 Å². The molecular weight excluding hydrogens is 713 g/mol. The van der Waals surface area contributed by atoms with Crippen LogP contribution >= 0.6 is 0 Å². The largest absolute Gasteiger partial charge is 0.310 e. The average molecular weight is 755 g/mol. The van der Waals surface area contributed by atoms with E-state index in [4.69, 9.17) is 0 Å². The Balaban J connectivity index is 1.04. The van der Waals surface area contributed by atoms with Crippen LogP contribution in [0.2, 0.25) is 0 Å². The fourth-order valence-corrected chi connectivity index (χ4v) is 9.55. The summed E-state index contributed by atoms with van der Waals surface area (Å²) in [6.07, 6.45) is 0. The summed E-state index contributed by atoms with van der Waals surface area (Å²) in [5.74, 6) is 0. The maximum atomic E-state index is 2.45. The molecule has 0 N–H and O–H groups in total. The third-order valence-corrected chi connectivity index (χ3v) is 12.4. The smallest absolute Gasteiger partial charge is 0.0547 e. The van der Waals surface area contributed by atoms with E-state index in [1.807, 2.05) is 0 Å². The van der Waals surface area contributed by atoms with Gasteiger partial charge < -0.3 is 9.47 Å². The first-order valence-corrected chi connectivity index (χ1v) is 20.5. The van der Waals surface area contributed by atoms with Crippen molar-refractivity contribution in [1.29, 1.82) is 0 Å². The highest BCUT2D eigenvalue weighted by Crippen LogP contribution is 2.51. The maximum Gasteiger partial charge on any atom is 0.0547 e. The Labute approximate surface area is 345 Å². The van der Waals surface area contributed by atoms with Crippen LogP contribution in [-0.4, -0.2) is 4.57 Å². The number of para-hydroxylation sites is 2. The van der Waals surface area contributed by atoms with Crippen molar-refractivity contribution in [2.75, 3.05) is 4.90 Å². The molecule has 1 aliphatic rings. The molecule has 0 bridgehead atoms. The van der Waals surface area contributed by atoms with Gasteiger partial charge in [0, 0.05) is 38.8 Å². The highest BCUT2D eigenvalue weighted by atomic mass is 15.1. The van der Waals surface area contributed by atoms with Crippen LogP contribution in [-0.2, 0) is 5.41 Å². The molecule has 0 fully saturated rings. The normalized spacial score (nSPS) is 12.7. The first kappa shape index (κ1) is 34.8. The third-order valence-electron chi connectivity index (χ3n) is 12.4. The van der Waals surface area contributed by atoms with Crippen LogP contribution in [0.1, 0.15) is 25.0 Å². The highest BCUT2D eigenvalue weighted by Gasteiger charge is 2.35. The molecule has 1 aromatic heterocycles. The lowest BCUT2D eigenvalue weighted by atomic mass is 9.82. The molecule has 0 unspecified atom stereocenters. The van der Waals surface area contributed by atoms with Crippen molar-refractivity contribution in [3.63, 3.8) is 0 Å². The van der Waals surface area contributed by atoms with E-state index < -0.39 is 0 Å². The van der Waals surface area contributed by atoms with Gasteiger partial charge in [-0.25, -0.2) is 0 Å². The summed E-state index contributed by atoms with van der Waals surface area (Å²) in [6.45, 7) is 4.71. The molecule has 0 saturated heterocycles. The van der Waals surface area contributed by atoms with Crippen molar-refractivity contribution in [3.8, 4) is 50.2 Å². The fourth-order valence-electron chi connectivity index (χ4n) is 9.55. The first-order chi connectivity index (χ1) is 29.0. The number of aromatic nitrogens is 1. The monoisotopic (exact) mass is 754 g/mol. The van der Waals surface area contributed by atoms with E-state index in [0.29, 0.717) is 0 Å². The number of benzene rings is 9. The molecule has 59 heavy (non-hydrogen) atoms. The van der Waals surface area contributed by atoms with Gasteiger partial charge in [-0.15, -0.1) is 0 Å². The molecule has 0 atom stereocenters. The third kappa shape index (κ3) is 5.71. The molecule has 1 aliphatic carbocycles. The van der Waals surface area contributed by atoms with Crippen molar-refractivity contribution in [1.82, 2.24) is 4.57 Å². The van der Waals surface area contributed by atoms with Gasteiger partial charge in [0.25, 0.3) is 0 Å². The standard InChI is InChI=1S/C57H42N2/c1-57(2)51-24-12-9-21-48(51)49-37-36-45(38-52(49)57)58(43-32-28-40(29-33-43)39-16-5-3-6-17-39)44-34-30-42(31-35-44)46-20-10-13-25-53(46)59-54-26-14-11-22-50(54)56-47(23-15-27-55(56)59)41-18-7-4-8-19-41/h3-38H,1-2H3. The number of rotatable bonds is 7. The molecule has 0 radical (unpaired) electrons. The van der Waals surface area contributed by atoms with Crippen molar-refractivity contribution in [2.24, 2.45) is 0 Å². The van der Waals surface area contributed by atoms with Crippen molar-refractivity contribution < 1.29 is 0 Å². The molecule has 9 aromatic carbocycles. The molecule has 10 aromatic rings. The summed E-state index contributed by atoms with van der Waals surface area (Å²) in [5.41, 5.74) is 19.4. The van der Waals surface area contributed by atoms with E-state index in [-0.39, 0.29) is 5.41 Å². The highest BCUT2D eigenvalue weighted by molar-refractivity contribution is 6.16. The second kappa shape index (κ2) is 13.9. The van der Waals surface area contributed by atoms with Crippen LogP contribution in [0.15, 0.2) is 218 Å². The van der Waals surface area contributed by atoms with E-state index in [0.717, 1.165) is 22.7 Å². The van der Waals surface area contributed by atoms with E-state index in [2.05, 4.69) is 242 Å². The molecule has 11 rings (SSSR count). The predicted octanol–water partition coefficient (Wildman–Crippen LogP) is 15.6. The number of fused-ring (bicyclic) bond motifs is 6. The quantitative estimate of drug-likeness (QED) is 0.157. The zero-order valence-corrected chi connectivity index (χ0v) is 33.2. The molecule has 1 heterocycles. The molecule has 0 spiro atoms. The molecule has 0 amide bonds. The second-order valence-electron chi connectivity index (χ2n) is 16.1. The van der Waals surface area contributed by atoms with E-state index in [9.17, 15) is 0 Å². The van der Waals surface area contributed by atoms with Crippen LogP contribution < -0.4 is 4.90 Å². The van der Waals surface area contributed by atoms with Gasteiger partial charge in [0.05, 0.1) is 16.7 Å². The fraction of sp³-hybridized carbons (Fsp3) is 0.0526. The number of hydrogen-bond donors (Lipinski definition) is 0. The van der Waals surface area contributed by atoms with E-state index in [1.165, 1.54) is 77.4 Å². The summed E-state index contributed by atoms with van der Waals surface area (Å²) in [4.78, 5) is 2.40. The average Bonchev–Trinajstić information content (AvgIpc) is 3.76. The molecule has 2 heteroatoms. The second-order valence-corrected chi connectivity index (χ2v) is 16.1. The Morgan fingerprint density at radius 2 is 0.864 bits per heavy atom. The predicted molar refractivity (Wildman–Crippen MR) is 249 cm³/mol. The Hall–Kier alpha value is -7.42. The van der Waals surface area contributed by atoms with Gasteiger partial charge >= 0.3 is 0 Å². The SMILES string of the molecule is CC1(C)c2ccccc2-c2ccc(N(c3ccc(-c4ccccc4)cc3)c3ccc(-c4ccccc4-n4c5ccccc5c5c(-c6ccccc6)cccc54)cc3)cc21. The molecule has 0 aliphatic heterocycles. The Bertz CT molecular complexity index is 3150. The molecule has 2 nitrogen and oxygen atoms in total. The van der Waals surface area contributed by atoms with Gasteiger partial charge in [-0.1, -0.05) is 178 Å². The van der Waals surface area contributed by atoms with E-state index >= 15 is 0 Å². The zero-order valence-electron chi connectivity index (χ0n) is 33.2. The molecular formula is C57H42N2. The van der Waals surface area contributed by atoms with Gasteiger partial charge in [0.1, 0.15) is 0 Å². The summed E-state index contributed by atoms with van der Waals surface area (Å²) in [7, 11) is 0. The van der Waals surface area contributed by atoms with Gasteiger partial charge in [0.2, 0.25) is 0 Å². The van der Waals surface area contributed by atoms with Crippen LogP contribution in [0.25, 0.3) is 72.0 Å². The maximum absolute atomic E-state index is 2.45. The van der Waals surface area contributed by atoms with Gasteiger partial charge in [0.15, 0.2) is 0 Å². The van der Waals surface area contributed by atoms with Crippen molar-refractivity contribution >= 4 is 38.9 Å². The Morgan fingerprint density at radius 1 is 0.356 bits per heavy atom. The summed E-state index contributed by atoms with van der Waals surface area (Å²) in [6, 6.07) is 79.7. The molecule has 0 saturated carbocycles. The minimum Gasteiger partial charge on any atom is -0.310 e. The minimum absolute atomic E-state index is 0.104. The number of nitrogens with zero attached hydrogens (tertiary/aromatic N) is 2. The van der Waals surface area contributed by atoms with Gasteiger partial charge in [-0.2, -0.15) is 0 Å². The zero-order chi connectivity index (χ0) is 39.5. The van der Waals surface area contributed by atoms with Gasteiger partial charge in [-0.05, 0) is 105 Å².